The molecule has 1 heterocycles. The van der Waals surface area contributed by atoms with Crippen molar-refractivity contribution in [3.8, 4) is 11.3 Å². The van der Waals surface area contributed by atoms with Crippen molar-refractivity contribution < 1.29 is 18.0 Å². The second kappa shape index (κ2) is 7.06. The number of hydrogen-bond donors (Lipinski definition) is 1. The smallest absolute Gasteiger partial charge is 0.229 e. The summed E-state index contributed by atoms with van der Waals surface area (Å²) >= 11 is 1.34. The quantitative estimate of drug-likeness (QED) is 0.730. The molecule has 128 valence electrons. The van der Waals surface area contributed by atoms with Gasteiger partial charge in [-0.2, -0.15) is 0 Å². The zero-order chi connectivity index (χ0) is 18.0. The Morgan fingerprint density at radius 2 is 1.76 bits per heavy atom. The van der Waals surface area contributed by atoms with Gasteiger partial charge in [0.1, 0.15) is 17.5 Å². The summed E-state index contributed by atoms with van der Waals surface area (Å²) < 4.78 is 39.6. The largest absolute Gasteiger partial charge is 0.323 e. The number of anilines is 1. The Labute approximate surface area is 146 Å². The Morgan fingerprint density at radius 3 is 2.44 bits per heavy atom. The van der Waals surface area contributed by atoms with E-state index >= 15 is 0 Å². The van der Waals surface area contributed by atoms with Gasteiger partial charge in [0.25, 0.3) is 0 Å². The second-order valence-electron chi connectivity index (χ2n) is 5.36. The van der Waals surface area contributed by atoms with Gasteiger partial charge in [-0.1, -0.05) is 0 Å². The Bertz CT molecular complexity index is 923. The van der Waals surface area contributed by atoms with Gasteiger partial charge in [-0.25, -0.2) is 18.2 Å². The number of nitrogens with zero attached hydrogens (tertiary/aromatic N) is 1. The molecule has 1 aromatic heterocycles. The monoisotopic (exact) mass is 362 g/mol. The van der Waals surface area contributed by atoms with E-state index in [9.17, 15) is 18.0 Å². The minimum absolute atomic E-state index is 0.0188. The number of rotatable bonds is 4. The molecule has 3 nitrogen and oxygen atoms in total. The molecule has 0 fully saturated rings. The number of halogens is 3. The number of hydrogen-bond acceptors (Lipinski definition) is 3. The van der Waals surface area contributed by atoms with Crippen LogP contribution in [0.5, 0.6) is 0 Å². The highest BCUT2D eigenvalue weighted by molar-refractivity contribution is 7.12. The number of aryl methyl sites for hydroxylation is 1. The maximum atomic E-state index is 13.6. The maximum absolute atomic E-state index is 13.6. The predicted octanol–water partition coefficient (Wildman–Crippen LogP) is 4.72. The number of nitrogens with one attached hydrogen (secondary N) is 1. The summed E-state index contributed by atoms with van der Waals surface area (Å²) in [7, 11) is 0. The zero-order valence-electron chi connectivity index (χ0n) is 13.1. The summed E-state index contributed by atoms with van der Waals surface area (Å²) in [5.74, 6) is -2.36. The molecule has 0 spiro atoms. The average molecular weight is 362 g/mol. The molecule has 1 N–H and O–H groups in total. The molecule has 0 aliphatic rings. The fourth-order valence-electron chi connectivity index (χ4n) is 2.35. The molecule has 0 aliphatic heterocycles. The van der Waals surface area contributed by atoms with Gasteiger partial charge in [0.05, 0.1) is 22.8 Å². The van der Waals surface area contributed by atoms with Crippen molar-refractivity contribution in [2.24, 2.45) is 0 Å². The van der Waals surface area contributed by atoms with E-state index in [1.807, 2.05) is 0 Å². The van der Waals surface area contributed by atoms with Gasteiger partial charge in [-0.3, -0.25) is 4.79 Å². The fourth-order valence-corrected chi connectivity index (χ4v) is 3.31. The van der Waals surface area contributed by atoms with Gasteiger partial charge in [-0.05, 0) is 43.3 Å². The van der Waals surface area contributed by atoms with Crippen LogP contribution < -0.4 is 5.32 Å². The third kappa shape index (κ3) is 4.06. The molecule has 0 saturated heterocycles. The minimum Gasteiger partial charge on any atom is -0.323 e. The number of aromatic nitrogens is 1. The first kappa shape index (κ1) is 17.2. The van der Waals surface area contributed by atoms with Crippen molar-refractivity contribution in [1.82, 2.24) is 4.98 Å². The molecule has 25 heavy (non-hydrogen) atoms. The molecule has 0 bridgehead atoms. The molecule has 1 amide bonds. The second-order valence-corrected chi connectivity index (χ2v) is 6.65. The fraction of sp³-hybridized carbons (Fsp3) is 0.111. The number of carbonyl (C=O) groups excluding carboxylic acids is 1. The highest BCUT2D eigenvalue weighted by Gasteiger charge is 2.16. The third-order valence-electron chi connectivity index (χ3n) is 3.45. The Balaban J connectivity index is 1.81. The van der Waals surface area contributed by atoms with Crippen molar-refractivity contribution in [1.29, 1.82) is 0 Å². The van der Waals surface area contributed by atoms with Gasteiger partial charge in [0, 0.05) is 16.5 Å². The molecular formula is C18H13F3N2OS. The van der Waals surface area contributed by atoms with Gasteiger partial charge in [0.15, 0.2) is 0 Å². The summed E-state index contributed by atoms with van der Waals surface area (Å²) in [4.78, 5) is 17.3. The summed E-state index contributed by atoms with van der Waals surface area (Å²) in [5, 5.41) is 3.18. The van der Waals surface area contributed by atoms with Crippen LogP contribution in [0.3, 0.4) is 0 Å². The SMILES string of the molecule is Cc1nc(-c2ccc(F)cc2)c(CC(=O)Nc2ccc(F)cc2F)s1. The molecule has 0 aliphatic carbocycles. The van der Waals surface area contributed by atoms with E-state index in [4.69, 9.17) is 0 Å². The van der Waals surface area contributed by atoms with Gasteiger partial charge in [-0.15, -0.1) is 11.3 Å². The molecule has 0 atom stereocenters. The van der Waals surface area contributed by atoms with Gasteiger partial charge in [0.2, 0.25) is 5.91 Å². The van der Waals surface area contributed by atoms with Crippen LogP contribution in [0.15, 0.2) is 42.5 Å². The van der Waals surface area contributed by atoms with Crippen LogP contribution in [0.4, 0.5) is 18.9 Å². The number of thiazole rings is 1. The normalized spacial score (nSPS) is 10.7. The van der Waals surface area contributed by atoms with Crippen molar-refractivity contribution in [2.75, 3.05) is 5.32 Å². The minimum atomic E-state index is -0.840. The third-order valence-corrected chi connectivity index (χ3v) is 4.42. The first-order valence-electron chi connectivity index (χ1n) is 7.39. The highest BCUT2D eigenvalue weighted by atomic mass is 32.1. The van der Waals surface area contributed by atoms with Crippen LogP contribution in [0.2, 0.25) is 0 Å². The highest BCUT2D eigenvalue weighted by Crippen LogP contribution is 2.29. The standard InChI is InChI=1S/C18H13F3N2OS/c1-10-22-18(11-2-4-12(19)5-3-11)16(25-10)9-17(24)23-15-7-6-13(20)8-14(15)21/h2-8H,9H2,1H3,(H,23,24). The van der Waals surface area contributed by atoms with Crippen molar-refractivity contribution in [2.45, 2.75) is 13.3 Å². The average Bonchev–Trinajstić information content (AvgIpc) is 2.91. The summed E-state index contributed by atoms with van der Waals surface area (Å²) in [6.45, 7) is 1.80. The van der Waals surface area contributed by atoms with E-state index in [0.717, 1.165) is 11.1 Å². The van der Waals surface area contributed by atoms with E-state index < -0.39 is 17.5 Å². The lowest BCUT2D eigenvalue weighted by Gasteiger charge is -2.07. The zero-order valence-corrected chi connectivity index (χ0v) is 14.0. The Morgan fingerprint density at radius 1 is 1.08 bits per heavy atom. The van der Waals surface area contributed by atoms with Crippen LogP contribution >= 0.6 is 11.3 Å². The molecule has 2 aromatic carbocycles. The molecular weight excluding hydrogens is 349 g/mol. The molecule has 0 radical (unpaired) electrons. The molecule has 3 aromatic rings. The van der Waals surface area contributed by atoms with Gasteiger partial charge >= 0.3 is 0 Å². The van der Waals surface area contributed by atoms with E-state index in [1.165, 1.54) is 29.5 Å². The lowest BCUT2D eigenvalue weighted by molar-refractivity contribution is -0.115. The first-order chi connectivity index (χ1) is 11.9. The first-order valence-corrected chi connectivity index (χ1v) is 8.21. The van der Waals surface area contributed by atoms with Crippen LogP contribution in [0.1, 0.15) is 9.88 Å². The Kier molecular flexibility index (Phi) is 4.85. The van der Waals surface area contributed by atoms with E-state index in [2.05, 4.69) is 10.3 Å². The van der Waals surface area contributed by atoms with Crippen LogP contribution in [-0.2, 0) is 11.2 Å². The van der Waals surface area contributed by atoms with Gasteiger partial charge < -0.3 is 5.32 Å². The van der Waals surface area contributed by atoms with E-state index in [-0.39, 0.29) is 17.9 Å². The predicted molar refractivity (Wildman–Crippen MR) is 90.9 cm³/mol. The maximum Gasteiger partial charge on any atom is 0.229 e. The lowest BCUT2D eigenvalue weighted by atomic mass is 10.1. The summed E-state index contributed by atoms with van der Waals surface area (Å²) in [5.41, 5.74) is 1.20. The molecule has 7 heteroatoms. The topological polar surface area (TPSA) is 42.0 Å². The van der Waals surface area contributed by atoms with Crippen LogP contribution in [0.25, 0.3) is 11.3 Å². The van der Waals surface area contributed by atoms with E-state index in [1.54, 1.807) is 19.1 Å². The van der Waals surface area contributed by atoms with Crippen molar-refractivity contribution in [3.05, 3.63) is 69.8 Å². The molecule has 3 rings (SSSR count). The number of amides is 1. The summed E-state index contributed by atoms with van der Waals surface area (Å²) in [6.07, 6.45) is -0.0188. The Hall–Kier alpha value is -2.67. The number of carbonyl (C=O) groups is 1. The van der Waals surface area contributed by atoms with Crippen molar-refractivity contribution in [3.63, 3.8) is 0 Å². The van der Waals surface area contributed by atoms with Crippen LogP contribution in [-0.4, -0.2) is 10.9 Å². The lowest BCUT2D eigenvalue weighted by Crippen LogP contribution is -2.15. The number of benzene rings is 2. The van der Waals surface area contributed by atoms with Crippen LogP contribution in [0, 0.1) is 24.4 Å². The molecule has 0 saturated carbocycles. The van der Waals surface area contributed by atoms with E-state index in [0.29, 0.717) is 22.2 Å². The molecule has 0 unspecified atom stereocenters. The summed E-state index contributed by atoms with van der Waals surface area (Å²) in [6, 6.07) is 8.76. The van der Waals surface area contributed by atoms with Crippen molar-refractivity contribution >= 4 is 22.9 Å².